The van der Waals surface area contributed by atoms with Gasteiger partial charge < -0.3 is 5.32 Å². The first-order valence-corrected chi connectivity index (χ1v) is 7.43. The van der Waals surface area contributed by atoms with Crippen LogP contribution in [0.25, 0.3) is 0 Å². The third-order valence-corrected chi connectivity index (χ3v) is 4.09. The molecule has 4 nitrogen and oxygen atoms in total. The highest BCUT2D eigenvalue weighted by molar-refractivity contribution is 6.30. The second kappa shape index (κ2) is 6.22. The Morgan fingerprint density at radius 1 is 1.19 bits per heavy atom. The maximum absolute atomic E-state index is 12.0. The molecular weight excluding hydrogens is 286 g/mol. The topological polar surface area (TPSA) is 54.9 Å². The lowest BCUT2D eigenvalue weighted by atomic mass is 9.97. The quantitative estimate of drug-likeness (QED) is 0.947. The van der Waals surface area contributed by atoms with Crippen LogP contribution in [0.4, 0.5) is 0 Å². The van der Waals surface area contributed by atoms with Gasteiger partial charge in [0.05, 0.1) is 0 Å². The predicted molar refractivity (Wildman–Crippen MR) is 81.3 cm³/mol. The Balaban J connectivity index is 1.61. The Bertz CT molecular complexity index is 632. The summed E-state index contributed by atoms with van der Waals surface area (Å²) in [5.74, 6) is 0.474. The zero-order chi connectivity index (χ0) is 14.7. The number of hydrogen-bond acceptors (Lipinski definition) is 3. The van der Waals surface area contributed by atoms with Gasteiger partial charge in [0.1, 0.15) is 0 Å². The summed E-state index contributed by atoms with van der Waals surface area (Å²) in [6.45, 7) is 0. The largest absolute Gasteiger partial charge is 0.347 e. The number of carbonyl (C=O) groups excluding carboxylic acids is 1. The SMILES string of the molecule is O=C(NC1CCC(c2cccc(Cl)c2)C1)c1ncccn1. The summed E-state index contributed by atoms with van der Waals surface area (Å²) in [7, 11) is 0. The Kier molecular flexibility index (Phi) is 4.15. The van der Waals surface area contributed by atoms with E-state index in [9.17, 15) is 4.79 Å². The molecule has 0 radical (unpaired) electrons. The summed E-state index contributed by atoms with van der Waals surface area (Å²) in [5, 5.41) is 3.77. The highest BCUT2D eigenvalue weighted by Gasteiger charge is 2.27. The lowest BCUT2D eigenvalue weighted by Crippen LogP contribution is -2.33. The number of nitrogens with one attached hydrogen (secondary N) is 1. The van der Waals surface area contributed by atoms with Crippen LogP contribution >= 0.6 is 11.6 Å². The number of benzene rings is 1. The molecule has 1 aromatic heterocycles. The summed E-state index contributed by atoms with van der Waals surface area (Å²) < 4.78 is 0. The molecule has 1 heterocycles. The molecule has 0 bridgehead atoms. The first kappa shape index (κ1) is 14.0. The van der Waals surface area contributed by atoms with Gasteiger partial charge in [-0.15, -0.1) is 0 Å². The van der Waals surface area contributed by atoms with E-state index < -0.39 is 0 Å². The van der Waals surface area contributed by atoms with Crippen LogP contribution in [0, 0.1) is 0 Å². The molecule has 1 aliphatic rings. The van der Waals surface area contributed by atoms with Gasteiger partial charge in [0.15, 0.2) is 0 Å². The third-order valence-electron chi connectivity index (χ3n) is 3.86. The van der Waals surface area contributed by atoms with Crippen molar-refractivity contribution in [3.05, 3.63) is 59.1 Å². The highest BCUT2D eigenvalue weighted by atomic mass is 35.5. The molecule has 1 aromatic carbocycles. The molecule has 2 aromatic rings. The van der Waals surface area contributed by atoms with Crippen LogP contribution in [-0.4, -0.2) is 21.9 Å². The maximum Gasteiger partial charge on any atom is 0.289 e. The standard InChI is InChI=1S/C16H16ClN3O/c17-13-4-1-3-11(9-13)12-5-6-14(10-12)20-16(21)15-18-7-2-8-19-15/h1-4,7-9,12,14H,5-6,10H2,(H,20,21). The van der Waals surface area contributed by atoms with Gasteiger partial charge in [0, 0.05) is 23.5 Å². The molecule has 2 unspecified atom stereocenters. The van der Waals surface area contributed by atoms with E-state index in [2.05, 4.69) is 21.4 Å². The molecule has 1 amide bonds. The minimum Gasteiger partial charge on any atom is -0.347 e. The van der Waals surface area contributed by atoms with E-state index in [-0.39, 0.29) is 17.8 Å². The molecule has 1 fully saturated rings. The molecule has 1 saturated carbocycles. The van der Waals surface area contributed by atoms with Gasteiger partial charge in [0.2, 0.25) is 5.82 Å². The van der Waals surface area contributed by atoms with Crippen LogP contribution in [0.3, 0.4) is 0 Å². The van der Waals surface area contributed by atoms with Crippen molar-refractivity contribution < 1.29 is 4.79 Å². The molecule has 0 saturated heterocycles. The van der Waals surface area contributed by atoms with Gasteiger partial charge in [-0.3, -0.25) is 4.79 Å². The summed E-state index contributed by atoms with van der Waals surface area (Å²) in [6.07, 6.45) is 6.10. The Hall–Kier alpha value is -1.94. The zero-order valence-electron chi connectivity index (χ0n) is 11.5. The Morgan fingerprint density at radius 2 is 2.00 bits per heavy atom. The second-order valence-corrected chi connectivity index (χ2v) is 5.74. The first-order valence-electron chi connectivity index (χ1n) is 7.06. The summed E-state index contributed by atoms with van der Waals surface area (Å²) in [5.41, 5.74) is 1.25. The second-order valence-electron chi connectivity index (χ2n) is 5.31. The molecule has 0 spiro atoms. The monoisotopic (exact) mass is 301 g/mol. The molecule has 21 heavy (non-hydrogen) atoms. The molecule has 1 N–H and O–H groups in total. The van der Waals surface area contributed by atoms with Crippen LogP contribution in [-0.2, 0) is 0 Å². The van der Waals surface area contributed by atoms with E-state index in [1.807, 2.05) is 18.2 Å². The van der Waals surface area contributed by atoms with Crippen molar-refractivity contribution in [3.63, 3.8) is 0 Å². The van der Waals surface area contributed by atoms with Crippen molar-refractivity contribution in [1.82, 2.24) is 15.3 Å². The van der Waals surface area contributed by atoms with E-state index in [4.69, 9.17) is 11.6 Å². The van der Waals surface area contributed by atoms with Gasteiger partial charge in [0.25, 0.3) is 5.91 Å². The lowest BCUT2D eigenvalue weighted by molar-refractivity contribution is 0.0927. The zero-order valence-corrected chi connectivity index (χ0v) is 12.3. The third kappa shape index (κ3) is 3.39. The first-order chi connectivity index (χ1) is 10.2. The van der Waals surface area contributed by atoms with E-state index in [0.717, 1.165) is 24.3 Å². The fraction of sp³-hybridized carbons (Fsp3) is 0.312. The van der Waals surface area contributed by atoms with Crippen LogP contribution in [0.2, 0.25) is 5.02 Å². The summed E-state index contributed by atoms with van der Waals surface area (Å²) in [6, 6.07) is 9.83. The summed E-state index contributed by atoms with van der Waals surface area (Å²) in [4.78, 5) is 20.0. The predicted octanol–water partition coefficient (Wildman–Crippen LogP) is 3.20. The lowest BCUT2D eigenvalue weighted by Gasteiger charge is -2.13. The number of rotatable bonds is 3. The molecule has 0 aliphatic heterocycles. The number of carbonyl (C=O) groups is 1. The molecule has 108 valence electrons. The van der Waals surface area contributed by atoms with Crippen molar-refractivity contribution >= 4 is 17.5 Å². The van der Waals surface area contributed by atoms with Crippen LogP contribution < -0.4 is 5.32 Å². The van der Waals surface area contributed by atoms with Crippen molar-refractivity contribution in [3.8, 4) is 0 Å². The van der Waals surface area contributed by atoms with Gasteiger partial charge in [-0.25, -0.2) is 9.97 Å². The molecule has 3 rings (SSSR count). The average molecular weight is 302 g/mol. The fourth-order valence-electron chi connectivity index (χ4n) is 2.84. The number of hydrogen-bond donors (Lipinski definition) is 1. The van der Waals surface area contributed by atoms with Crippen molar-refractivity contribution in [2.45, 2.75) is 31.2 Å². The van der Waals surface area contributed by atoms with Crippen LogP contribution in [0.15, 0.2) is 42.7 Å². The molecule has 1 aliphatic carbocycles. The van der Waals surface area contributed by atoms with Gasteiger partial charge in [-0.2, -0.15) is 0 Å². The minimum absolute atomic E-state index is 0.172. The number of halogens is 1. The van der Waals surface area contributed by atoms with Crippen LogP contribution in [0.5, 0.6) is 0 Å². The molecule has 2 atom stereocenters. The Morgan fingerprint density at radius 3 is 2.76 bits per heavy atom. The highest BCUT2D eigenvalue weighted by Crippen LogP contribution is 2.35. The number of aromatic nitrogens is 2. The fourth-order valence-corrected chi connectivity index (χ4v) is 3.04. The van der Waals surface area contributed by atoms with Gasteiger partial charge in [-0.05, 0) is 48.9 Å². The normalized spacial score (nSPS) is 21.2. The van der Waals surface area contributed by atoms with E-state index in [1.54, 1.807) is 18.5 Å². The van der Waals surface area contributed by atoms with Crippen molar-refractivity contribution in [1.29, 1.82) is 0 Å². The van der Waals surface area contributed by atoms with E-state index in [0.29, 0.717) is 5.92 Å². The smallest absolute Gasteiger partial charge is 0.289 e. The minimum atomic E-state index is -0.202. The number of amides is 1. The maximum atomic E-state index is 12.0. The Labute approximate surface area is 128 Å². The van der Waals surface area contributed by atoms with Gasteiger partial charge in [-0.1, -0.05) is 23.7 Å². The average Bonchev–Trinajstić information content (AvgIpc) is 2.97. The van der Waals surface area contributed by atoms with Crippen LogP contribution in [0.1, 0.15) is 41.4 Å². The number of nitrogens with zero attached hydrogens (tertiary/aromatic N) is 2. The van der Waals surface area contributed by atoms with E-state index >= 15 is 0 Å². The van der Waals surface area contributed by atoms with Crippen molar-refractivity contribution in [2.75, 3.05) is 0 Å². The molecule has 5 heteroatoms. The molecular formula is C16H16ClN3O. The van der Waals surface area contributed by atoms with E-state index in [1.165, 1.54) is 5.56 Å². The van der Waals surface area contributed by atoms with Gasteiger partial charge >= 0.3 is 0 Å². The van der Waals surface area contributed by atoms with Crippen molar-refractivity contribution in [2.24, 2.45) is 0 Å². The summed E-state index contributed by atoms with van der Waals surface area (Å²) >= 11 is 6.04.